The first kappa shape index (κ1) is 8.58. The third-order valence-electron chi connectivity index (χ3n) is 3.45. The smallest absolute Gasteiger partial charge is 0.112 e. The summed E-state index contributed by atoms with van der Waals surface area (Å²) in [6.07, 6.45) is 2.16. The molecule has 3 heteroatoms. The highest BCUT2D eigenvalue weighted by Gasteiger charge is 2.52. The highest BCUT2D eigenvalue weighted by atomic mass is 16.6. The molecule has 2 bridgehead atoms. The normalized spacial score (nSPS) is 52.7. The lowest BCUT2D eigenvalue weighted by Crippen LogP contribution is -2.42. The van der Waals surface area contributed by atoms with E-state index in [2.05, 4.69) is 13.8 Å². The first-order valence-electron chi connectivity index (χ1n) is 4.74. The van der Waals surface area contributed by atoms with Gasteiger partial charge in [0.05, 0.1) is 11.7 Å². The molecular formula is C9H15BO2. The molecule has 2 saturated heterocycles. The van der Waals surface area contributed by atoms with Crippen molar-refractivity contribution in [3.8, 4) is 0 Å². The van der Waals surface area contributed by atoms with E-state index in [4.69, 9.17) is 17.3 Å². The van der Waals surface area contributed by atoms with Crippen LogP contribution in [0.1, 0.15) is 26.7 Å². The van der Waals surface area contributed by atoms with Crippen molar-refractivity contribution in [2.45, 2.75) is 44.4 Å². The molecule has 0 aromatic carbocycles. The molecule has 12 heavy (non-hydrogen) atoms. The molecular weight excluding hydrogens is 151 g/mol. The molecule has 0 aromatic heterocycles. The number of rotatable bonds is 1. The van der Waals surface area contributed by atoms with Gasteiger partial charge < -0.3 is 9.47 Å². The fraction of sp³-hybridized carbons (Fsp3) is 1.00. The van der Waals surface area contributed by atoms with E-state index in [0.29, 0.717) is 5.92 Å². The van der Waals surface area contributed by atoms with Gasteiger partial charge in [0.1, 0.15) is 7.85 Å². The van der Waals surface area contributed by atoms with Gasteiger partial charge in [-0.25, -0.2) is 0 Å². The summed E-state index contributed by atoms with van der Waals surface area (Å²) in [4.78, 5) is 0. The van der Waals surface area contributed by atoms with Gasteiger partial charge in [-0.3, -0.25) is 0 Å². The maximum atomic E-state index is 5.82. The molecule has 4 atom stereocenters. The van der Waals surface area contributed by atoms with Crippen molar-refractivity contribution in [2.24, 2.45) is 5.92 Å². The molecule has 0 amide bonds. The number of hydrogen-bond donors (Lipinski definition) is 0. The van der Waals surface area contributed by atoms with E-state index in [1.807, 2.05) is 0 Å². The molecule has 0 aliphatic carbocycles. The molecule has 2 radical (unpaired) electrons. The Bertz CT molecular complexity index is 185. The van der Waals surface area contributed by atoms with Crippen LogP contribution in [0, 0.1) is 5.92 Å². The summed E-state index contributed by atoms with van der Waals surface area (Å²) < 4.78 is 11.4. The molecule has 66 valence electrons. The van der Waals surface area contributed by atoms with Gasteiger partial charge in [0.15, 0.2) is 0 Å². The molecule has 0 spiro atoms. The van der Waals surface area contributed by atoms with Crippen LogP contribution in [0.2, 0.25) is 0 Å². The predicted molar refractivity (Wildman–Crippen MR) is 47.2 cm³/mol. The van der Waals surface area contributed by atoms with Crippen LogP contribution >= 0.6 is 0 Å². The zero-order valence-electron chi connectivity index (χ0n) is 7.75. The van der Waals surface area contributed by atoms with Gasteiger partial charge in [0, 0.05) is 24.9 Å². The van der Waals surface area contributed by atoms with Crippen molar-refractivity contribution in [1.29, 1.82) is 0 Å². The van der Waals surface area contributed by atoms with Crippen LogP contribution < -0.4 is 0 Å². The third kappa shape index (κ3) is 0.959. The molecule has 1 unspecified atom stereocenters. The number of hydrogen-bond acceptors (Lipinski definition) is 2. The highest BCUT2D eigenvalue weighted by Crippen LogP contribution is 2.44. The Hall–Kier alpha value is -0.0151. The SMILES string of the molecule is [B][C@@H]1O[C@@]2(CC)CCO[C@H]1C2C. The third-order valence-corrected chi connectivity index (χ3v) is 3.45. The van der Waals surface area contributed by atoms with Crippen molar-refractivity contribution >= 4 is 7.85 Å². The Kier molecular flexibility index (Phi) is 1.96. The predicted octanol–water partition coefficient (Wildman–Crippen LogP) is 1.08. The molecule has 2 heterocycles. The maximum absolute atomic E-state index is 5.82. The van der Waals surface area contributed by atoms with Gasteiger partial charge >= 0.3 is 0 Å². The van der Waals surface area contributed by atoms with Gasteiger partial charge in [-0.15, -0.1) is 0 Å². The van der Waals surface area contributed by atoms with Crippen LogP contribution in [0.4, 0.5) is 0 Å². The standard InChI is InChI=1S/C9H15BO2/c1-3-9-4-5-11-7(6(9)2)8(10)12-9/h6-8H,3-5H2,1-2H3/t6?,7-,8+,9-/m0/s1. The highest BCUT2D eigenvalue weighted by molar-refractivity contribution is 6.11. The Balaban J connectivity index is 2.24. The molecule has 2 nitrogen and oxygen atoms in total. The summed E-state index contributed by atoms with van der Waals surface area (Å²) in [5.74, 6) is 0.450. The lowest BCUT2D eigenvalue weighted by atomic mass is 9.78. The van der Waals surface area contributed by atoms with Gasteiger partial charge in [-0.05, 0) is 6.42 Å². The van der Waals surface area contributed by atoms with E-state index < -0.39 is 0 Å². The lowest BCUT2D eigenvalue weighted by molar-refractivity contribution is -0.0683. The molecule has 0 aromatic rings. The Morgan fingerprint density at radius 3 is 2.92 bits per heavy atom. The van der Waals surface area contributed by atoms with E-state index in [1.165, 1.54) is 0 Å². The van der Waals surface area contributed by atoms with Gasteiger partial charge in [0.2, 0.25) is 0 Å². The summed E-state index contributed by atoms with van der Waals surface area (Å²) in [6, 6.07) is -0.206. The fourth-order valence-electron chi connectivity index (χ4n) is 2.50. The number of ether oxygens (including phenoxy) is 2. The summed E-state index contributed by atoms with van der Waals surface area (Å²) in [6.45, 7) is 5.15. The van der Waals surface area contributed by atoms with Gasteiger partial charge in [-0.1, -0.05) is 13.8 Å². The van der Waals surface area contributed by atoms with E-state index in [1.54, 1.807) is 0 Å². The van der Waals surface area contributed by atoms with Crippen LogP contribution in [0.5, 0.6) is 0 Å². The lowest BCUT2D eigenvalue weighted by Gasteiger charge is -2.36. The summed E-state index contributed by atoms with van der Waals surface area (Å²) in [5, 5.41) is 0. The first-order chi connectivity index (χ1) is 5.69. The van der Waals surface area contributed by atoms with Crippen molar-refractivity contribution in [1.82, 2.24) is 0 Å². The minimum absolute atomic E-state index is 0.0162. The molecule has 2 aliphatic heterocycles. The average molecular weight is 166 g/mol. The minimum atomic E-state index is -0.206. The summed E-state index contributed by atoms with van der Waals surface area (Å²) in [7, 11) is 5.82. The van der Waals surface area contributed by atoms with Crippen molar-refractivity contribution < 1.29 is 9.47 Å². The molecule has 0 N–H and O–H groups in total. The first-order valence-corrected chi connectivity index (χ1v) is 4.74. The second-order valence-electron chi connectivity index (χ2n) is 3.87. The average Bonchev–Trinajstić information content (AvgIpc) is 2.23. The molecule has 2 fully saturated rings. The van der Waals surface area contributed by atoms with Crippen LogP contribution in [-0.4, -0.2) is 32.2 Å². The monoisotopic (exact) mass is 166 g/mol. The maximum Gasteiger partial charge on any atom is 0.112 e. The van der Waals surface area contributed by atoms with Crippen molar-refractivity contribution in [3.05, 3.63) is 0 Å². The van der Waals surface area contributed by atoms with Crippen LogP contribution in [0.3, 0.4) is 0 Å². The Labute approximate surface area is 75.0 Å². The molecule has 0 saturated carbocycles. The second-order valence-corrected chi connectivity index (χ2v) is 3.87. The van der Waals surface area contributed by atoms with E-state index >= 15 is 0 Å². The quantitative estimate of drug-likeness (QED) is 0.542. The minimum Gasteiger partial charge on any atom is -0.378 e. The van der Waals surface area contributed by atoms with Crippen LogP contribution in [0.25, 0.3) is 0 Å². The summed E-state index contributed by atoms with van der Waals surface area (Å²) >= 11 is 0. The zero-order valence-corrected chi connectivity index (χ0v) is 7.75. The number of fused-ring (bicyclic) bond motifs is 2. The second kappa shape index (κ2) is 2.74. The fourth-order valence-corrected chi connectivity index (χ4v) is 2.50. The molecule has 2 rings (SSSR count). The zero-order chi connectivity index (χ0) is 8.77. The Morgan fingerprint density at radius 2 is 2.33 bits per heavy atom. The largest absolute Gasteiger partial charge is 0.378 e. The van der Waals surface area contributed by atoms with Gasteiger partial charge in [-0.2, -0.15) is 0 Å². The van der Waals surface area contributed by atoms with Crippen LogP contribution in [-0.2, 0) is 9.47 Å². The molecule has 2 aliphatic rings. The van der Waals surface area contributed by atoms with Gasteiger partial charge in [0.25, 0.3) is 0 Å². The van der Waals surface area contributed by atoms with E-state index in [-0.39, 0.29) is 17.7 Å². The Morgan fingerprint density at radius 1 is 1.58 bits per heavy atom. The van der Waals surface area contributed by atoms with E-state index in [0.717, 1.165) is 19.4 Å². The summed E-state index contributed by atoms with van der Waals surface area (Å²) in [5.41, 5.74) is 0.0162. The van der Waals surface area contributed by atoms with Crippen LogP contribution in [0.15, 0.2) is 0 Å². The topological polar surface area (TPSA) is 18.5 Å². The van der Waals surface area contributed by atoms with E-state index in [9.17, 15) is 0 Å². The van der Waals surface area contributed by atoms with Crippen molar-refractivity contribution in [3.63, 3.8) is 0 Å². The van der Waals surface area contributed by atoms with Crippen molar-refractivity contribution in [2.75, 3.05) is 6.61 Å².